The van der Waals surface area contributed by atoms with E-state index in [-0.39, 0.29) is 11.6 Å². The van der Waals surface area contributed by atoms with Crippen LogP contribution in [-0.4, -0.2) is 9.97 Å². The lowest BCUT2D eigenvalue weighted by molar-refractivity contribution is -0.144. The summed E-state index contributed by atoms with van der Waals surface area (Å²) < 4.78 is 38.9. The highest BCUT2D eigenvalue weighted by molar-refractivity contribution is 9.10. The average molecular weight is 361 g/mol. The van der Waals surface area contributed by atoms with Crippen molar-refractivity contribution in [2.75, 3.05) is 11.1 Å². The maximum atomic E-state index is 12.7. The number of aryl methyl sites for hydroxylation is 2. The van der Waals surface area contributed by atoms with Crippen LogP contribution in [0.4, 0.5) is 30.5 Å². The molecule has 0 spiro atoms. The molecule has 0 saturated heterocycles. The van der Waals surface area contributed by atoms with Crippen LogP contribution in [-0.2, 0) is 6.18 Å². The first kappa shape index (κ1) is 15.6. The molecule has 0 amide bonds. The number of rotatable bonds is 2. The van der Waals surface area contributed by atoms with E-state index in [1.165, 1.54) is 6.07 Å². The molecule has 1 aromatic heterocycles. The maximum absolute atomic E-state index is 12.7. The number of aromatic nitrogens is 2. The third kappa shape index (κ3) is 3.63. The molecular weight excluding hydrogens is 349 g/mol. The first-order valence-electron chi connectivity index (χ1n) is 5.92. The summed E-state index contributed by atoms with van der Waals surface area (Å²) >= 11 is 3.36. The number of hydrogen-bond donors (Lipinski definition) is 2. The van der Waals surface area contributed by atoms with E-state index >= 15 is 0 Å². The van der Waals surface area contributed by atoms with Crippen LogP contribution in [0, 0.1) is 13.8 Å². The van der Waals surface area contributed by atoms with E-state index < -0.39 is 12.0 Å². The first-order chi connectivity index (χ1) is 9.66. The second kappa shape index (κ2) is 5.51. The highest BCUT2D eigenvalue weighted by Crippen LogP contribution is 2.31. The molecule has 1 heterocycles. The van der Waals surface area contributed by atoms with Crippen molar-refractivity contribution >= 4 is 33.3 Å². The molecule has 2 aromatic rings. The second-order valence-corrected chi connectivity index (χ2v) is 5.45. The SMILES string of the molecule is Cc1cc(Br)cc(C)c1Nc1cc(N)nc(C(F)(F)F)n1. The molecule has 8 heteroatoms. The summed E-state index contributed by atoms with van der Waals surface area (Å²) in [6.07, 6.45) is -4.64. The molecule has 2 rings (SSSR count). The van der Waals surface area contributed by atoms with Gasteiger partial charge in [-0.2, -0.15) is 13.2 Å². The van der Waals surface area contributed by atoms with Crippen molar-refractivity contribution in [3.8, 4) is 0 Å². The molecule has 0 aliphatic rings. The molecule has 0 atom stereocenters. The largest absolute Gasteiger partial charge is 0.451 e. The monoisotopic (exact) mass is 360 g/mol. The van der Waals surface area contributed by atoms with Crippen LogP contribution in [0.25, 0.3) is 0 Å². The molecular formula is C13H12BrF3N4. The minimum atomic E-state index is -4.64. The van der Waals surface area contributed by atoms with Crippen LogP contribution in [0.3, 0.4) is 0 Å². The predicted molar refractivity (Wildman–Crippen MR) is 78.3 cm³/mol. The standard InChI is InChI=1S/C13H12BrF3N4/c1-6-3-8(14)4-7(2)11(6)20-10-5-9(18)19-12(21-10)13(15,16)17/h3-5H,1-2H3,(H3,18,19,20,21). The Morgan fingerprint density at radius 3 is 2.19 bits per heavy atom. The van der Waals surface area contributed by atoms with Gasteiger partial charge in [-0.05, 0) is 37.1 Å². The molecule has 3 N–H and O–H groups in total. The molecule has 0 fully saturated rings. The summed E-state index contributed by atoms with van der Waals surface area (Å²) in [5, 5.41) is 2.87. The summed E-state index contributed by atoms with van der Waals surface area (Å²) in [4.78, 5) is 6.67. The molecule has 0 radical (unpaired) electrons. The average Bonchev–Trinajstić information content (AvgIpc) is 2.32. The summed E-state index contributed by atoms with van der Waals surface area (Å²) in [6.45, 7) is 3.69. The minimum Gasteiger partial charge on any atom is -0.384 e. The summed E-state index contributed by atoms with van der Waals surface area (Å²) in [7, 11) is 0. The summed E-state index contributed by atoms with van der Waals surface area (Å²) in [6, 6.07) is 4.96. The molecule has 21 heavy (non-hydrogen) atoms. The summed E-state index contributed by atoms with van der Waals surface area (Å²) in [5.41, 5.74) is 7.83. The second-order valence-electron chi connectivity index (χ2n) is 4.54. The van der Waals surface area contributed by atoms with E-state index in [1.807, 2.05) is 26.0 Å². The molecule has 0 unspecified atom stereocenters. The zero-order chi connectivity index (χ0) is 15.8. The fourth-order valence-electron chi connectivity index (χ4n) is 1.89. The molecule has 0 aliphatic heterocycles. The van der Waals surface area contributed by atoms with Crippen molar-refractivity contribution in [1.29, 1.82) is 0 Å². The zero-order valence-electron chi connectivity index (χ0n) is 11.2. The van der Waals surface area contributed by atoms with Crippen LogP contribution in [0.1, 0.15) is 17.0 Å². The van der Waals surface area contributed by atoms with Crippen LogP contribution >= 0.6 is 15.9 Å². The Balaban J connectivity index is 2.43. The van der Waals surface area contributed by atoms with Crippen LogP contribution in [0.2, 0.25) is 0 Å². The highest BCUT2D eigenvalue weighted by atomic mass is 79.9. The normalized spacial score (nSPS) is 11.5. The van der Waals surface area contributed by atoms with Gasteiger partial charge in [-0.15, -0.1) is 0 Å². The van der Waals surface area contributed by atoms with Crippen LogP contribution in [0.5, 0.6) is 0 Å². The lowest BCUT2D eigenvalue weighted by atomic mass is 10.1. The van der Waals surface area contributed by atoms with Crippen molar-refractivity contribution in [2.45, 2.75) is 20.0 Å². The van der Waals surface area contributed by atoms with Crippen molar-refractivity contribution in [1.82, 2.24) is 9.97 Å². The zero-order valence-corrected chi connectivity index (χ0v) is 12.8. The molecule has 1 aromatic carbocycles. The molecule has 0 bridgehead atoms. The highest BCUT2D eigenvalue weighted by Gasteiger charge is 2.35. The van der Waals surface area contributed by atoms with Crippen LogP contribution in [0.15, 0.2) is 22.7 Å². The Morgan fingerprint density at radius 1 is 1.10 bits per heavy atom. The van der Waals surface area contributed by atoms with E-state index in [9.17, 15) is 13.2 Å². The Kier molecular flexibility index (Phi) is 4.08. The number of halogens is 4. The van der Waals surface area contributed by atoms with Gasteiger partial charge in [-0.25, -0.2) is 9.97 Å². The third-order valence-electron chi connectivity index (χ3n) is 2.75. The van der Waals surface area contributed by atoms with E-state index in [1.54, 1.807) is 0 Å². The smallest absolute Gasteiger partial charge is 0.384 e. The van der Waals surface area contributed by atoms with E-state index in [0.717, 1.165) is 15.6 Å². The molecule has 112 valence electrons. The van der Waals surface area contributed by atoms with Gasteiger partial charge in [0, 0.05) is 16.2 Å². The molecule has 4 nitrogen and oxygen atoms in total. The van der Waals surface area contributed by atoms with E-state index in [2.05, 4.69) is 31.2 Å². The molecule has 0 saturated carbocycles. The number of nitrogens with two attached hydrogens (primary N) is 1. The van der Waals surface area contributed by atoms with Gasteiger partial charge in [0.2, 0.25) is 5.82 Å². The lowest BCUT2D eigenvalue weighted by Gasteiger charge is -2.14. The number of hydrogen-bond acceptors (Lipinski definition) is 4. The topological polar surface area (TPSA) is 63.8 Å². The fraction of sp³-hybridized carbons (Fsp3) is 0.231. The van der Waals surface area contributed by atoms with Gasteiger partial charge in [-0.1, -0.05) is 15.9 Å². The Bertz CT molecular complexity index is 663. The van der Waals surface area contributed by atoms with E-state index in [0.29, 0.717) is 5.69 Å². The van der Waals surface area contributed by atoms with Gasteiger partial charge in [0.1, 0.15) is 11.6 Å². The maximum Gasteiger partial charge on any atom is 0.451 e. The number of nitrogen functional groups attached to an aromatic ring is 1. The number of nitrogens with zero attached hydrogens (tertiary/aromatic N) is 2. The summed E-state index contributed by atoms with van der Waals surface area (Å²) in [5.74, 6) is -1.51. The van der Waals surface area contributed by atoms with Gasteiger partial charge in [0.25, 0.3) is 0 Å². The van der Waals surface area contributed by atoms with Gasteiger partial charge in [0.05, 0.1) is 0 Å². The van der Waals surface area contributed by atoms with Gasteiger partial charge < -0.3 is 11.1 Å². The van der Waals surface area contributed by atoms with Gasteiger partial charge in [-0.3, -0.25) is 0 Å². The number of benzene rings is 1. The quantitative estimate of drug-likeness (QED) is 0.842. The van der Waals surface area contributed by atoms with E-state index in [4.69, 9.17) is 5.73 Å². The fourth-order valence-corrected chi connectivity index (χ4v) is 2.58. The number of nitrogens with one attached hydrogen (secondary N) is 1. The predicted octanol–water partition coefficient (Wildman–Crippen LogP) is 4.20. The number of anilines is 3. The van der Waals surface area contributed by atoms with Gasteiger partial charge >= 0.3 is 6.18 Å². The van der Waals surface area contributed by atoms with Crippen LogP contribution < -0.4 is 11.1 Å². The number of alkyl halides is 3. The Morgan fingerprint density at radius 2 is 1.67 bits per heavy atom. The van der Waals surface area contributed by atoms with Crippen molar-refractivity contribution in [2.24, 2.45) is 0 Å². The first-order valence-corrected chi connectivity index (χ1v) is 6.71. The van der Waals surface area contributed by atoms with Crippen molar-refractivity contribution in [3.05, 3.63) is 39.6 Å². The van der Waals surface area contributed by atoms with Crippen molar-refractivity contribution < 1.29 is 13.2 Å². The van der Waals surface area contributed by atoms with Gasteiger partial charge in [0.15, 0.2) is 0 Å². The Labute approximate surface area is 127 Å². The molecule has 0 aliphatic carbocycles. The Hall–Kier alpha value is -1.83. The van der Waals surface area contributed by atoms with Crippen molar-refractivity contribution in [3.63, 3.8) is 0 Å². The third-order valence-corrected chi connectivity index (χ3v) is 3.21. The lowest BCUT2D eigenvalue weighted by Crippen LogP contribution is -2.14. The minimum absolute atomic E-state index is 0.00310.